The van der Waals surface area contributed by atoms with Crippen LogP contribution in [-0.4, -0.2) is 16.1 Å². The van der Waals surface area contributed by atoms with Crippen LogP contribution < -0.4 is 0 Å². The Hall–Kier alpha value is -1.49. The van der Waals surface area contributed by atoms with Crippen molar-refractivity contribution in [2.75, 3.05) is 0 Å². The fraction of sp³-hybridized carbons (Fsp3) is 0.500. The molecule has 0 aromatic heterocycles. The first-order valence-electron chi connectivity index (χ1n) is 5.69. The third-order valence-corrected chi connectivity index (χ3v) is 3.34. The van der Waals surface area contributed by atoms with Crippen molar-refractivity contribution in [1.29, 1.82) is 0 Å². The molecule has 5 heteroatoms. The van der Waals surface area contributed by atoms with E-state index in [0.717, 1.165) is 25.3 Å². The smallest absolute Gasteiger partial charge is 0.272 e. The third-order valence-electron chi connectivity index (χ3n) is 3.34. The number of rotatable bonds is 3. The summed E-state index contributed by atoms with van der Waals surface area (Å²) in [4.78, 5) is 10.3. The molecule has 2 atom stereocenters. The number of nitro benzene ring substituents is 1. The number of hydrogen-bond donors (Lipinski definition) is 1. The number of benzene rings is 1. The highest BCUT2D eigenvalue weighted by Crippen LogP contribution is 2.31. The van der Waals surface area contributed by atoms with Gasteiger partial charge in [0.25, 0.3) is 5.69 Å². The molecule has 1 fully saturated rings. The molecule has 0 bridgehead atoms. The van der Waals surface area contributed by atoms with Crippen LogP contribution in [0, 0.1) is 21.8 Å². The van der Waals surface area contributed by atoms with Crippen LogP contribution in [0.15, 0.2) is 18.2 Å². The summed E-state index contributed by atoms with van der Waals surface area (Å²) < 4.78 is 13.1. The maximum Gasteiger partial charge on any atom is 0.272 e. The van der Waals surface area contributed by atoms with E-state index >= 15 is 0 Å². The number of halogens is 1. The van der Waals surface area contributed by atoms with Gasteiger partial charge in [0.15, 0.2) is 0 Å². The van der Waals surface area contributed by atoms with E-state index in [1.54, 1.807) is 0 Å². The summed E-state index contributed by atoms with van der Waals surface area (Å²) in [6.07, 6.45) is 2.45. The molecule has 0 saturated heterocycles. The molecule has 0 amide bonds. The maximum atomic E-state index is 13.1. The molecule has 0 aliphatic heterocycles. The van der Waals surface area contributed by atoms with Crippen molar-refractivity contribution in [2.45, 2.75) is 31.8 Å². The highest BCUT2D eigenvalue weighted by molar-refractivity contribution is 5.40. The van der Waals surface area contributed by atoms with Gasteiger partial charge in [0.05, 0.1) is 11.0 Å². The molecule has 1 N–H and O–H groups in total. The zero-order valence-electron chi connectivity index (χ0n) is 9.30. The summed E-state index contributed by atoms with van der Waals surface area (Å²) in [5.41, 5.74) is 0.312. The van der Waals surface area contributed by atoms with Gasteiger partial charge in [-0.2, -0.15) is 0 Å². The molecule has 4 nitrogen and oxygen atoms in total. The van der Waals surface area contributed by atoms with Crippen molar-refractivity contribution in [1.82, 2.24) is 0 Å². The largest absolute Gasteiger partial charge is 0.393 e. The minimum atomic E-state index is -0.504. The zero-order valence-corrected chi connectivity index (χ0v) is 9.30. The van der Waals surface area contributed by atoms with Gasteiger partial charge in [0.2, 0.25) is 0 Å². The lowest BCUT2D eigenvalue weighted by Gasteiger charge is -2.14. The molecule has 2 rings (SSSR count). The Balaban J connectivity index is 2.24. The second kappa shape index (κ2) is 4.79. The second-order valence-corrected chi connectivity index (χ2v) is 4.49. The van der Waals surface area contributed by atoms with Crippen LogP contribution in [0.25, 0.3) is 0 Å². The van der Waals surface area contributed by atoms with Gasteiger partial charge in [-0.3, -0.25) is 10.1 Å². The lowest BCUT2D eigenvalue weighted by molar-refractivity contribution is -0.385. The quantitative estimate of drug-likeness (QED) is 0.650. The SMILES string of the molecule is O=[N+]([O-])c1ccc(F)cc1CC1CCCC1O. The number of aliphatic hydroxyl groups is 1. The van der Waals surface area contributed by atoms with E-state index in [-0.39, 0.29) is 11.6 Å². The summed E-state index contributed by atoms with van der Waals surface area (Å²) in [5, 5.41) is 20.5. The van der Waals surface area contributed by atoms with Gasteiger partial charge in [0.1, 0.15) is 5.82 Å². The van der Waals surface area contributed by atoms with E-state index in [4.69, 9.17) is 0 Å². The summed E-state index contributed by atoms with van der Waals surface area (Å²) in [6.45, 7) is 0. The summed E-state index contributed by atoms with van der Waals surface area (Å²) in [7, 11) is 0. The van der Waals surface area contributed by atoms with Crippen molar-refractivity contribution < 1.29 is 14.4 Å². The van der Waals surface area contributed by atoms with Gasteiger partial charge < -0.3 is 5.11 Å². The monoisotopic (exact) mass is 239 g/mol. The van der Waals surface area contributed by atoms with E-state index in [2.05, 4.69) is 0 Å². The third kappa shape index (κ3) is 2.61. The molecule has 1 aliphatic carbocycles. The normalized spacial score (nSPS) is 23.9. The van der Waals surface area contributed by atoms with E-state index in [9.17, 15) is 19.6 Å². The first-order chi connectivity index (χ1) is 8.08. The number of nitrogens with zero attached hydrogens (tertiary/aromatic N) is 1. The Bertz CT molecular complexity index is 436. The van der Waals surface area contributed by atoms with Gasteiger partial charge in [-0.15, -0.1) is 0 Å². The molecule has 0 radical (unpaired) electrons. The second-order valence-electron chi connectivity index (χ2n) is 4.49. The molecule has 0 spiro atoms. The van der Waals surface area contributed by atoms with Gasteiger partial charge in [-0.1, -0.05) is 6.42 Å². The van der Waals surface area contributed by atoms with Crippen molar-refractivity contribution in [3.63, 3.8) is 0 Å². The minimum absolute atomic E-state index is 0.00972. The average molecular weight is 239 g/mol. The lowest BCUT2D eigenvalue weighted by atomic mass is 9.95. The Kier molecular flexibility index (Phi) is 3.38. The summed E-state index contributed by atoms with van der Waals surface area (Å²) in [5.74, 6) is -0.464. The highest BCUT2D eigenvalue weighted by atomic mass is 19.1. The Morgan fingerprint density at radius 2 is 2.24 bits per heavy atom. The van der Waals surface area contributed by atoms with Crippen molar-refractivity contribution >= 4 is 5.69 Å². The summed E-state index contributed by atoms with van der Waals surface area (Å²) >= 11 is 0. The topological polar surface area (TPSA) is 63.4 Å². The van der Waals surface area contributed by atoms with Gasteiger partial charge >= 0.3 is 0 Å². The standard InChI is InChI=1S/C12H14FNO3/c13-10-4-5-11(14(16)17)9(7-10)6-8-2-1-3-12(8)15/h4-5,7-8,12,15H,1-3,6H2. The molecule has 1 saturated carbocycles. The number of hydrogen-bond acceptors (Lipinski definition) is 3. The molecule has 1 aromatic carbocycles. The van der Waals surface area contributed by atoms with Crippen LogP contribution in [-0.2, 0) is 6.42 Å². The molecule has 1 aliphatic rings. The molecular formula is C12H14FNO3. The van der Waals surface area contributed by atoms with Crippen molar-refractivity contribution in [3.05, 3.63) is 39.7 Å². The van der Waals surface area contributed by atoms with Crippen molar-refractivity contribution in [3.8, 4) is 0 Å². The predicted octanol–water partition coefficient (Wildman–Crippen LogP) is 2.44. The fourth-order valence-electron chi connectivity index (χ4n) is 2.43. The Morgan fingerprint density at radius 3 is 2.82 bits per heavy atom. The maximum absolute atomic E-state index is 13.1. The van der Waals surface area contributed by atoms with Gasteiger partial charge in [0, 0.05) is 11.6 Å². The molecule has 2 unspecified atom stereocenters. The number of nitro groups is 1. The average Bonchev–Trinajstić information content (AvgIpc) is 2.64. The minimum Gasteiger partial charge on any atom is -0.393 e. The predicted molar refractivity (Wildman–Crippen MR) is 60.1 cm³/mol. The lowest BCUT2D eigenvalue weighted by Crippen LogP contribution is -2.16. The van der Waals surface area contributed by atoms with E-state index in [0.29, 0.717) is 12.0 Å². The molecule has 0 heterocycles. The Labute approximate surface area is 98.2 Å². The fourth-order valence-corrected chi connectivity index (χ4v) is 2.43. The zero-order chi connectivity index (χ0) is 12.4. The van der Waals surface area contributed by atoms with E-state index in [1.165, 1.54) is 12.1 Å². The van der Waals surface area contributed by atoms with E-state index in [1.807, 2.05) is 0 Å². The molecule has 17 heavy (non-hydrogen) atoms. The molecule has 92 valence electrons. The van der Waals surface area contributed by atoms with Crippen LogP contribution in [0.5, 0.6) is 0 Å². The number of aliphatic hydroxyl groups excluding tert-OH is 1. The first kappa shape index (κ1) is 12.0. The van der Waals surface area contributed by atoms with Gasteiger partial charge in [-0.05, 0) is 37.3 Å². The highest BCUT2D eigenvalue weighted by Gasteiger charge is 2.27. The van der Waals surface area contributed by atoms with E-state index < -0.39 is 16.8 Å². The van der Waals surface area contributed by atoms with Crippen molar-refractivity contribution in [2.24, 2.45) is 5.92 Å². The molecular weight excluding hydrogens is 225 g/mol. The van der Waals surface area contributed by atoms with Crippen LogP contribution in [0.3, 0.4) is 0 Å². The summed E-state index contributed by atoms with van der Waals surface area (Å²) in [6, 6.07) is 3.47. The van der Waals surface area contributed by atoms with Crippen LogP contribution in [0.4, 0.5) is 10.1 Å². The first-order valence-corrected chi connectivity index (χ1v) is 5.69. The van der Waals surface area contributed by atoms with Crippen LogP contribution in [0.2, 0.25) is 0 Å². The van der Waals surface area contributed by atoms with Crippen LogP contribution >= 0.6 is 0 Å². The van der Waals surface area contributed by atoms with Gasteiger partial charge in [-0.25, -0.2) is 4.39 Å². The van der Waals surface area contributed by atoms with Crippen LogP contribution in [0.1, 0.15) is 24.8 Å². The molecule has 1 aromatic rings. The Morgan fingerprint density at radius 1 is 1.47 bits per heavy atom.